The topological polar surface area (TPSA) is 20.3 Å². The van der Waals surface area contributed by atoms with Gasteiger partial charge in [-0.15, -0.1) is 0 Å². The van der Waals surface area contributed by atoms with Gasteiger partial charge < -0.3 is 4.90 Å². The van der Waals surface area contributed by atoms with E-state index in [1.807, 2.05) is 11.8 Å². The third-order valence-corrected chi connectivity index (χ3v) is 2.69. The zero-order chi connectivity index (χ0) is 10.3. The summed E-state index contributed by atoms with van der Waals surface area (Å²) in [6, 6.07) is 0.421. The molecule has 0 aromatic heterocycles. The van der Waals surface area contributed by atoms with Crippen LogP contribution in [-0.4, -0.2) is 28.7 Å². The minimum atomic E-state index is 0.271. The summed E-state index contributed by atoms with van der Waals surface area (Å²) in [4.78, 5) is 13.6. The van der Waals surface area contributed by atoms with Crippen molar-refractivity contribution in [3.8, 4) is 0 Å². The van der Waals surface area contributed by atoms with E-state index in [1.54, 1.807) is 0 Å². The third kappa shape index (κ3) is 4.12. The fraction of sp³-hybridized carbons (Fsp3) is 0.900. The van der Waals surface area contributed by atoms with E-state index in [1.165, 1.54) is 0 Å². The molecule has 0 spiro atoms. The van der Waals surface area contributed by atoms with Crippen molar-refractivity contribution in [2.75, 3.05) is 11.9 Å². The van der Waals surface area contributed by atoms with Crippen LogP contribution in [0.2, 0.25) is 0 Å². The van der Waals surface area contributed by atoms with Gasteiger partial charge in [-0.2, -0.15) is 0 Å². The maximum absolute atomic E-state index is 11.6. The Morgan fingerprint density at radius 1 is 1.31 bits per heavy atom. The van der Waals surface area contributed by atoms with Gasteiger partial charge in [-0.05, 0) is 12.8 Å². The molecule has 1 amide bonds. The van der Waals surface area contributed by atoms with Gasteiger partial charge in [-0.25, -0.2) is 0 Å². The number of alkyl halides is 1. The first-order valence-electron chi connectivity index (χ1n) is 5.06. The molecule has 0 bridgehead atoms. The zero-order valence-electron chi connectivity index (χ0n) is 8.85. The first-order valence-corrected chi connectivity index (χ1v) is 6.18. The quantitative estimate of drug-likeness (QED) is 0.664. The van der Waals surface area contributed by atoms with Crippen LogP contribution < -0.4 is 0 Å². The molecule has 0 N–H and O–H groups in total. The lowest BCUT2D eigenvalue weighted by Gasteiger charge is -2.29. The summed E-state index contributed by atoms with van der Waals surface area (Å²) < 4.78 is 0. The van der Waals surface area contributed by atoms with Crippen LogP contribution in [-0.2, 0) is 4.79 Å². The molecule has 0 aromatic rings. The molecule has 0 rings (SSSR count). The molecule has 0 atom stereocenters. The molecule has 0 unspecified atom stereocenters. The number of carbonyl (C=O) groups is 1. The van der Waals surface area contributed by atoms with Crippen molar-refractivity contribution in [1.82, 2.24) is 4.90 Å². The molecule has 0 aromatic carbocycles. The Bertz CT molecular complexity index is 146. The number of amides is 1. The van der Waals surface area contributed by atoms with E-state index >= 15 is 0 Å². The molecule has 0 heterocycles. The van der Waals surface area contributed by atoms with Crippen molar-refractivity contribution in [1.29, 1.82) is 0 Å². The summed E-state index contributed by atoms with van der Waals surface area (Å²) in [6.07, 6.45) is 2.72. The largest absolute Gasteiger partial charge is 0.339 e. The maximum atomic E-state index is 11.6. The van der Waals surface area contributed by atoms with Crippen molar-refractivity contribution in [2.45, 2.75) is 46.1 Å². The number of nitrogens with zero attached hydrogens (tertiary/aromatic N) is 1. The van der Waals surface area contributed by atoms with E-state index in [9.17, 15) is 4.79 Å². The second-order valence-electron chi connectivity index (χ2n) is 3.10. The summed E-state index contributed by atoms with van der Waals surface area (Å²) >= 11 is 3.38. The Kier molecular flexibility index (Phi) is 7.33. The lowest BCUT2D eigenvalue weighted by molar-refractivity contribution is -0.133. The first-order chi connectivity index (χ1) is 6.21. The SMILES string of the molecule is CCC(=O)N(CCBr)C(CC)CC. The highest BCUT2D eigenvalue weighted by Gasteiger charge is 2.18. The van der Waals surface area contributed by atoms with Crippen molar-refractivity contribution < 1.29 is 4.79 Å². The van der Waals surface area contributed by atoms with Crippen molar-refractivity contribution >= 4 is 21.8 Å². The van der Waals surface area contributed by atoms with Gasteiger partial charge in [0.15, 0.2) is 0 Å². The second-order valence-corrected chi connectivity index (χ2v) is 3.89. The van der Waals surface area contributed by atoms with E-state index in [0.717, 1.165) is 24.7 Å². The van der Waals surface area contributed by atoms with Crippen LogP contribution >= 0.6 is 15.9 Å². The normalized spacial score (nSPS) is 10.5. The Labute approximate surface area is 89.8 Å². The molecule has 13 heavy (non-hydrogen) atoms. The van der Waals surface area contributed by atoms with Gasteiger partial charge in [0, 0.05) is 24.3 Å². The van der Waals surface area contributed by atoms with Gasteiger partial charge in [0.05, 0.1) is 0 Å². The predicted octanol–water partition coefficient (Wildman–Crippen LogP) is 2.81. The Hall–Kier alpha value is -0.0500. The van der Waals surface area contributed by atoms with E-state index in [0.29, 0.717) is 12.5 Å². The van der Waals surface area contributed by atoms with Gasteiger partial charge in [0.25, 0.3) is 0 Å². The van der Waals surface area contributed by atoms with Gasteiger partial charge in [-0.3, -0.25) is 4.79 Å². The van der Waals surface area contributed by atoms with Crippen molar-refractivity contribution in [3.63, 3.8) is 0 Å². The molecular formula is C10H20BrNO. The zero-order valence-corrected chi connectivity index (χ0v) is 10.4. The van der Waals surface area contributed by atoms with Gasteiger partial charge in [0.1, 0.15) is 0 Å². The molecule has 0 aliphatic carbocycles. The molecule has 0 fully saturated rings. The fourth-order valence-corrected chi connectivity index (χ4v) is 1.92. The number of carbonyl (C=O) groups excluding carboxylic acids is 1. The highest BCUT2D eigenvalue weighted by atomic mass is 79.9. The Morgan fingerprint density at radius 3 is 2.15 bits per heavy atom. The highest BCUT2D eigenvalue weighted by molar-refractivity contribution is 9.09. The molecule has 0 saturated carbocycles. The fourth-order valence-electron chi connectivity index (χ4n) is 1.53. The highest BCUT2D eigenvalue weighted by Crippen LogP contribution is 2.10. The van der Waals surface area contributed by atoms with Crippen LogP contribution in [0.3, 0.4) is 0 Å². The van der Waals surface area contributed by atoms with Gasteiger partial charge in [-0.1, -0.05) is 36.7 Å². The summed E-state index contributed by atoms with van der Waals surface area (Å²) in [5.41, 5.74) is 0. The Balaban J connectivity index is 4.28. The molecule has 0 radical (unpaired) electrons. The number of hydrogen-bond acceptors (Lipinski definition) is 1. The molecule has 0 saturated heterocycles. The minimum Gasteiger partial charge on any atom is -0.339 e. The van der Waals surface area contributed by atoms with Crippen LogP contribution in [0.15, 0.2) is 0 Å². The third-order valence-electron chi connectivity index (χ3n) is 2.33. The summed E-state index contributed by atoms with van der Waals surface area (Å²) in [5.74, 6) is 0.271. The Morgan fingerprint density at radius 2 is 1.85 bits per heavy atom. The standard InChI is InChI=1S/C10H20BrNO/c1-4-9(5-2)12(8-7-11)10(13)6-3/h9H,4-8H2,1-3H3. The molecule has 78 valence electrons. The first kappa shape index (κ1) is 12.9. The van der Waals surface area contributed by atoms with E-state index in [2.05, 4.69) is 29.8 Å². The average molecular weight is 250 g/mol. The van der Waals surface area contributed by atoms with Crippen molar-refractivity contribution in [3.05, 3.63) is 0 Å². The maximum Gasteiger partial charge on any atom is 0.222 e. The summed E-state index contributed by atoms with van der Waals surface area (Å²) in [7, 11) is 0. The second kappa shape index (κ2) is 7.36. The van der Waals surface area contributed by atoms with Gasteiger partial charge >= 0.3 is 0 Å². The molecule has 3 heteroatoms. The van der Waals surface area contributed by atoms with Crippen LogP contribution in [0.1, 0.15) is 40.0 Å². The number of hydrogen-bond donors (Lipinski definition) is 0. The van der Waals surface area contributed by atoms with Gasteiger partial charge in [0.2, 0.25) is 5.91 Å². The lowest BCUT2D eigenvalue weighted by atomic mass is 10.1. The van der Waals surface area contributed by atoms with Crippen LogP contribution in [0, 0.1) is 0 Å². The predicted molar refractivity (Wildman–Crippen MR) is 60.2 cm³/mol. The summed E-state index contributed by atoms with van der Waals surface area (Å²) in [6.45, 7) is 7.03. The average Bonchev–Trinajstić information content (AvgIpc) is 2.17. The molecule has 2 nitrogen and oxygen atoms in total. The summed E-state index contributed by atoms with van der Waals surface area (Å²) in [5, 5.41) is 0.870. The monoisotopic (exact) mass is 249 g/mol. The van der Waals surface area contributed by atoms with Crippen LogP contribution in [0.25, 0.3) is 0 Å². The number of halogens is 1. The van der Waals surface area contributed by atoms with E-state index < -0.39 is 0 Å². The van der Waals surface area contributed by atoms with Crippen molar-refractivity contribution in [2.24, 2.45) is 0 Å². The van der Waals surface area contributed by atoms with Crippen LogP contribution in [0.4, 0.5) is 0 Å². The smallest absolute Gasteiger partial charge is 0.222 e. The van der Waals surface area contributed by atoms with Crippen LogP contribution in [0.5, 0.6) is 0 Å². The lowest BCUT2D eigenvalue weighted by Crippen LogP contribution is -2.40. The molecule has 0 aliphatic rings. The number of rotatable bonds is 6. The van der Waals surface area contributed by atoms with E-state index in [4.69, 9.17) is 0 Å². The minimum absolute atomic E-state index is 0.271. The molecule has 0 aliphatic heterocycles. The van der Waals surface area contributed by atoms with E-state index in [-0.39, 0.29) is 5.91 Å². The molecular weight excluding hydrogens is 230 g/mol.